The van der Waals surface area contributed by atoms with Gasteiger partial charge in [0.15, 0.2) is 23.0 Å². The molecule has 1 aliphatic rings. The average Bonchev–Trinajstić information content (AvgIpc) is 3.36. The number of hydrogen-bond acceptors (Lipinski definition) is 8. The van der Waals surface area contributed by atoms with Crippen LogP contribution in [0.4, 0.5) is 5.95 Å². The molecule has 0 aliphatic carbocycles. The standard InChI is InChI=1S/C17H16BrN5O4/c1-24-15-6-11(7-19-17-20-22-23-21-17)4-12(18)16(15)25-8-10-2-3-13-14(5-10)27-9-26-13/h2-6H,7-9H2,1H3,(H2,19,20,21,22,23). The van der Waals surface area contributed by atoms with Gasteiger partial charge in [0.1, 0.15) is 6.61 Å². The van der Waals surface area contributed by atoms with Crippen LogP contribution >= 0.6 is 15.9 Å². The van der Waals surface area contributed by atoms with Crippen molar-refractivity contribution < 1.29 is 18.9 Å². The highest BCUT2D eigenvalue weighted by Gasteiger charge is 2.15. The Labute approximate surface area is 163 Å². The van der Waals surface area contributed by atoms with Crippen molar-refractivity contribution in [3.05, 3.63) is 45.9 Å². The van der Waals surface area contributed by atoms with Crippen molar-refractivity contribution in [1.29, 1.82) is 0 Å². The van der Waals surface area contributed by atoms with E-state index in [0.29, 0.717) is 30.6 Å². The molecule has 0 fully saturated rings. The minimum absolute atomic E-state index is 0.248. The lowest BCUT2D eigenvalue weighted by atomic mass is 10.2. The molecule has 0 saturated heterocycles. The number of halogens is 1. The van der Waals surface area contributed by atoms with Crippen LogP contribution in [0.3, 0.4) is 0 Å². The van der Waals surface area contributed by atoms with Gasteiger partial charge in [0, 0.05) is 6.54 Å². The Hall–Kier alpha value is -3.01. The molecule has 2 aromatic carbocycles. The van der Waals surface area contributed by atoms with Gasteiger partial charge in [0.25, 0.3) is 5.95 Å². The van der Waals surface area contributed by atoms with E-state index in [2.05, 4.69) is 41.9 Å². The van der Waals surface area contributed by atoms with Crippen LogP contribution in [-0.4, -0.2) is 34.5 Å². The molecule has 0 radical (unpaired) electrons. The Morgan fingerprint density at radius 1 is 1.19 bits per heavy atom. The van der Waals surface area contributed by atoms with E-state index in [4.69, 9.17) is 18.9 Å². The number of aromatic nitrogens is 4. The zero-order valence-corrected chi connectivity index (χ0v) is 15.9. The third-order valence-corrected chi connectivity index (χ3v) is 4.49. The van der Waals surface area contributed by atoms with E-state index >= 15 is 0 Å². The van der Waals surface area contributed by atoms with Crippen molar-refractivity contribution >= 4 is 21.9 Å². The van der Waals surface area contributed by atoms with Crippen LogP contribution in [0.25, 0.3) is 0 Å². The van der Waals surface area contributed by atoms with Crippen LogP contribution in [0.1, 0.15) is 11.1 Å². The first-order valence-corrected chi connectivity index (χ1v) is 8.87. The fraction of sp³-hybridized carbons (Fsp3) is 0.235. The lowest BCUT2D eigenvalue weighted by Gasteiger charge is -2.15. The summed E-state index contributed by atoms with van der Waals surface area (Å²) in [4.78, 5) is 0. The zero-order valence-electron chi connectivity index (χ0n) is 14.4. The zero-order chi connectivity index (χ0) is 18.6. The molecule has 27 heavy (non-hydrogen) atoms. The summed E-state index contributed by atoms with van der Waals surface area (Å²) in [6.45, 7) is 1.13. The minimum atomic E-state index is 0.248. The molecule has 0 spiro atoms. The summed E-state index contributed by atoms with van der Waals surface area (Å²) in [6, 6.07) is 9.57. The lowest BCUT2D eigenvalue weighted by molar-refractivity contribution is 0.174. The minimum Gasteiger partial charge on any atom is -0.493 e. The quantitative estimate of drug-likeness (QED) is 0.585. The lowest BCUT2D eigenvalue weighted by Crippen LogP contribution is -2.03. The van der Waals surface area contributed by atoms with Gasteiger partial charge in [0.05, 0.1) is 11.6 Å². The second kappa shape index (κ2) is 7.70. The number of ether oxygens (including phenoxy) is 4. The molecule has 3 aromatic rings. The number of H-pyrrole nitrogens is 1. The van der Waals surface area contributed by atoms with Crippen LogP contribution < -0.4 is 24.3 Å². The summed E-state index contributed by atoms with van der Waals surface area (Å²) >= 11 is 3.55. The molecular formula is C17H16BrN5O4. The average molecular weight is 434 g/mol. The van der Waals surface area contributed by atoms with Crippen LogP contribution in [0.5, 0.6) is 23.0 Å². The first kappa shape index (κ1) is 17.4. The van der Waals surface area contributed by atoms with E-state index in [9.17, 15) is 0 Å². The molecule has 0 unspecified atom stereocenters. The predicted molar refractivity (Wildman–Crippen MR) is 99.1 cm³/mol. The van der Waals surface area contributed by atoms with Gasteiger partial charge in [-0.25, -0.2) is 0 Å². The first-order chi connectivity index (χ1) is 13.2. The van der Waals surface area contributed by atoms with Gasteiger partial charge >= 0.3 is 0 Å². The van der Waals surface area contributed by atoms with E-state index in [-0.39, 0.29) is 6.79 Å². The van der Waals surface area contributed by atoms with Gasteiger partial charge in [-0.05, 0) is 56.5 Å². The molecule has 10 heteroatoms. The number of fused-ring (bicyclic) bond motifs is 1. The topological polar surface area (TPSA) is 103 Å². The van der Waals surface area contributed by atoms with Crippen LogP contribution in [0, 0.1) is 0 Å². The van der Waals surface area contributed by atoms with Gasteiger partial charge < -0.3 is 24.3 Å². The molecule has 2 N–H and O–H groups in total. The monoisotopic (exact) mass is 433 g/mol. The van der Waals surface area contributed by atoms with E-state index in [0.717, 1.165) is 27.1 Å². The number of rotatable bonds is 7. The summed E-state index contributed by atoms with van der Waals surface area (Å²) in [6.07, 6.45) is 0. The molecule has 1 aliphatic heterocycles. The van der Waals surface area contributed by atoms with Gasteiger partial charge in [-0.3, -0.25) is 0 Å². The highest BCUT2D eigenvalue weighted by Crippen LogP contribution is 2.38. The van der Waals surface area contributed by atoms with Crippen molar-refractivity contribution in [2.45, 2.75) is 13.2 Å². The van der Waals surface area contributed by atoms with Crippen molar-refractivity contribution in [1.82, 2.24) is 20.6 Å². The van der Waals surface area contributed by atoms with E-state index in [1.54, 1.807) is 7.11 Å². The number of tetrazole rings is 1. The second-order valence-electron chi connectivity index (χ2n) is 5.67. The van der Waals surface area contributed by atoms with Crippen LogP contribution in [-0.2, 0) is 13.2 Å². The molecule has 140 valence electrons. The summed E-state index contributed by atoms with van der Waals surface area (Å²) in [7, 11) is 1.60. The number of benzene rings is 2. The molecule has 9 nitrogen and oxygen atoms in total. The Kier molecular flexibility index (Phi) is 4.97. The summed E-state index contributed by atoms with van der Waals surface area (Å²) in [5, 5.41) is 16.7. The molecular weight excluding hydrogens is 418 g/mol. The number of nitrogens with one attached hydrogen (secondary N) is 2. The third kappa shape index (κ3) is 3.90. The summed E-state index contributed by atoms with van der Waals surface area (Å²) < 4.78 is 23.0. The van der Waals surface area contributed by atoms with Crippen molar-refractivity contribution in [2.75, 3.05) is 19.2 Å². The maximum atomic E-state index is 5.98. The molecule has 2 heterocycles. The highest BCUT2D eigenvalue weighted by molar-refractivity contribution is 9.10. The van der Waals surface area contributed by atoms with E-state index < -0.39 is 0 Å². The Morgan fingerprint density at radius 2 is 2.07 bits per heavy atom. The SMILES string of the molecule is COc1cc(CNc2nn[nH]n2)cc(Br)c1OCc1ccc2c(c1)OCO2. The fourth-order valence-electron chi connectivity index (χ4n) is 2.62. The van der Waals surface area contributed by atoms with Gasteiger partial charge in [0.2, 0.25) is 6.79 Å². The van der Waals surface area contributed by atoms with Crippen LogP contribution in [0.2, 0.25) is 0 Å². The number of anilines is 1. The number of hydrogen-bond donors (Lipinski definition) is 2. The molecule has 0 saturated carbocycles. The third-order valence-electron chi connectivity index (χ3n) is 3.91. The van der Waals surface area contributed by atoms with Gasteiger partial charge in [-0.1, -0.05) is 11.2 Å². The largest absolute Gasteiger partial charge is 0.493 e. The normalized spacial score (nSPS) is 12.1. The van der Waals surface area contributed by atoms with Gasteiger partial charge in [-0.15, -0.1) is 5.10 Å². The fourth-order valence-corrected chi connectivity index (χ4v) is 3.22. The smallest absolute Gasteiger partial charge is 0.263 e. The van der Waals surface area contributed by atoms with Crippen LogP contribution in [0.15, 0.2) is 34.8 Å². The molecule has 4 rings (SSSR count). The summed E-state index contributed by atoms with van der Waals surface area (Å²) in [5.41, 5.74) is 1.94. The van der Waals surface area contributed by atoms with E-state index in [1.165, 1.54) is 0 Å². The summed E-state index contributed by atoms with van der Waals surface area (Å²) in [5.74, 6) is 3.14. The highest BCUT2D eigenvalue weighted by atomic mass is 79.9. The van der Waals surface area contributed by atoms with Gasteiger partial charge in [-0.2, -0.15) is 5.21 Å². The number of nitrogens with zero attached hydrogens (tertiary/aromatic N) is 3. The molecule has 0 bridgehead atoms. The Balaban J connectivity index is 1.46. The second-order valence-corrected chi connectivity index (χ2v) is 6.53. The number of aromatic amines is 1. The first-order valence-electron chi connectivity index (χ1n) is 8.08. The van der Waals surface area contributed by atoms with Crippen molar-refractivity contribution in [2.24, 2.45) is 0 Å². The maximum absolute atomic E-state index is 5.98. The Morgan fingerprint density at radius 3 is 2.89 bits per heavy atom. The molecule has 0 atom stereocenters. The maximum Gasteiger partial charge on any atom is 0.263 e. The van der Waals surface area contributed by atoms with Crippen molar-refractivity contribution in [3.8, 4) is 23.0 Å². The Bertz CT molecular complexity index is 935. The number of methoxy groups -OCH3 is 1. The molecule has 1 aromatic heterocycles. The molecule has 0 amide bonds. The predicted octanol–water partition coefficient (Wildman–Crippen LogP) is 2.89. The van der Waals surface area contributed by atoms with Crippen molar-refractivity contribution in [3.63, 3.8) is 0 Å². The van der Waals surface area contributed by atoms with E-state index in [1.807, 2.05) is 30.3 Å².